The minimum Gasteiger partial charge on any atom is -0.347 e. The average Bonchev–Trinajstić information content (AvgIpc) is 3.01. The Balaban J connectivity index is 0.00000264. The Labute approximate surface area is 157 Å². The molecular weight excluding hydrogens is 372 g/mol. The van der Waals surface area contributed by atoms with Crippen LogP contribution in [-0.2, 0) is 0 Å². The molecule has 2 rings (SSSR count). The summed E-state index contributed by atoms with van der Waals surface area (Å²) in [4.78, 5) is 16.4. The van der Waals surface area contributed by atoms with Crippen LogP contribution in [0.15, 0.2) is 29.6 Å². The smallest absolute Gasteiger partial charge is 0.271 e. The zero-order chi connectivity index (χ0) is 15.9. The Morgan fingerprint density at radius 1 is 1.38 bits per heavy atom. The number of nitrogens with two attached hydrogens (primary N) is 1. The van der Waals surface area contributed by atoms with Crippen LogP contribution in [0.25, 0.3) is 10.6 Å². The normalized spacial score (nSPS) is 11.1. The molecule has 0 fully saturated rings. The van der Waals surface area contributed by atoms with Crippen molar-refractivity contribution in [2.24, 2.45) is 5.73 Å². The summed E-state index contributed by atoms with van der Waals surface area (Å²) in [5, 5.41) is 5.03. The highest BCUT2D eigenvalue weighted by atomic mass is 35.5. The fraction of sp³-hybridized carbons (Fsp3) is 0.375. The maximum Gasteiger partial charge on any atom is 0.271 e. The summed E-state index contributed by atoms with van der Waals surface area (Å²) in [7, 11) is 0. The maximum atomic E-state index is 13.7. The Morgan fingerprint density at radius 3 is 2.71 bits per heavy atom. The van der Waals surface area contributed by atoms with Crippen molar-refractivity contribution in [3.63, 3.8) is 0 Å². The average molecular weight is 394 g/mol. The van der Waals surface area contributed by atoms with Gasteiger partial charge in [-0.2, -0.15) is 0 Å². The molecule has 1 unspecified atom stereocenters. The first-order valence-corrected chi connectivity index (χ1v) is 8.25. The minimum atomic E-state index is -0.341. The lowest BCUT2D eigenvalue weighted by Crippen LogP contribution is -2.40. The zero-order valence-corrected chi connectivity index (χ0v) is 15.8. The third-order valence-electron chi connectivity index (χ3n) is 3.37. The summed E-state index contributed by atoms with van der Waals surface area (Å²) in [6.07, 6.45) is 2.92. The van der Waals surface area contributed by atoms with Crippen molar-refractivity contribution in [1.29, 1.82) is 0 Å². The maximum absolute atomic E-state index is 13.7. The van der Waals surface area contributed by atoms with Gasteiger partial charge in [0.15, 0.2) is 0 Å². The number of hydrogen-bond donors (Lipinski definition) is 2. The topological polar surface area (TPSA) is 68.0 Å². The van der Waals surface area contributed by atoms with Gasteiger partial charge in [-0.05, 0) is 18.6 Å². The second-order valence-electron chi connectivity index (χ2n) is 5.07. The molecule has 0 bridgehead atoms. The number of benzene rings is 1. The second-order valence-corrected chi connectivity index (χ2v) is 5.92. The van der Waals surface area contributed by atoms with E-state index >= 15 is 0 Å². The van der Waals surface area contributed by atoms with Crippen LogP contribution in [0.5, 0.6) is 0 Å². The van der Waals surface area contributed by atoms with Gasteiger partial charge in [0, 0.05) is 23.5 Å². The molecule has 4 nitrogen and oxygen atoms in total. The molecule has 0 radical (unpaired) electrons. The molecule has 1 atom stereocenters. The summed E-state index contributed by atoms with van der Waals surface area (Å²) in [5.74, 6) is -0.600. The Hall–Kier alpha value is -1.21. The number of carbonyl (C=O) groups is 1. The van der Waals surface area contributed by atoms with E-state index in [1.165, 1.54) is 17.4 Å². The lowest BCUT2D eigenvalue weighted by atomic mass is 10.1. The number of rotatable bonds is 7. The van der Waals surface area contributed by atoms with Gasteiger partial charge in [-0.1, -0.05) is 31.9 Å². The third-order valence-corrected chi connectivity index (χ3v) is 4.24. The number of amides is 1. The van der Waals surface area contributed by atoms with Crippen molar-refractivity contribution in [3.8, 4) is 10.6 Å². The van der Waals surface area contributed by atoms with Gasteiger partial charge >= 0.3 is 0 Å². The van der Waals surface area contributed by atoms with Gasteiger partial charge in [-0.25, -0.2) is 9.37 Å². The number of hydrogen-bond acceptors (Lipinski definition) is 4. The van der Waals surface area contributed by atoms with Crippen molar-refractivity contribution in [1.82, 2.24) is 10.3 Å². The lowest BCUT2D eigenvalue weighted by Gasteiger charge is -2.15. The first kappa shape index (κ1) is 22.8. The molecule has 0 aliphatic heterocycles. The summed E-state index contributed by atoms with van der Waals surface area (Å²) < 4.78 is 13.7. The van der Waals surface area contributed by atoms with E-state index in [2.05, 4.69) is 17.2 Å². The summed E-state index contributed by atoms with van der Waals surface area (Å²) >= 11 is 1.25. The number of nitrogens with zero attached hydrogens (tertiary/aromatic N) is 1. The first-order valence-electron chi connectivity index (χ1n) is 7.37. The predicted molar refractivity (Wildman–Crippen MR) is 102 cm³/mol. The van der Waals surface area contributed by atoms with E-state index in [1.807, 2.05) is 0 Å². The highest BCUT2D eigenvalue weighted by molar-refractivity contribution is 7.13. The third kappa shape index (κ3) is 6.02. The molecule has 1 heterocycles. The molecule has 0 spiro atoms. The molecule has 0 aliphatic carbocycles. The van der Waals surface area contributed by atoms with Gasteiger partial charge in [-0.3, -0.25) is 4.79 Å². The van der Waals surface area contributed by atoms with E-state index in [1.54, 1.807) is 23.6 Å². The molecule has 0 saturated carbocycles. The highest BCUT2D eigenvalue weighted by Gasteiger charge is 2.16. The van der Waals surface area contributed by atoms with Crippen LogP contribution in [-0.4, -0.2) is 23.5 Å². The molecule has 0 aliphatic rings. The van der Waals surface area contributed by atoms with Crippen LogP contribution in [0.4, 0.5) is 4.39 Å². The number of carbonyl (C=O) groups excluding carboxylic acids is 1. The van der Waals surface area contributed by atoms with E-state index in [4.69, 9.17) is 5.73 Å². The number of thiazole rings is 1. The van der Waals surface area contributed by atoms with E-state index in [9.17, 15) is 9.18 Å². The molecule has 24 heavy (non-hydrogen) atoms. The van der Waals surface area contributed by atoms with E-state index in [0.29, 0.717) is 22.8 Å². The van der Waals surface area contributed by atoms with Crippen LogP contribution >= 0.6 is 36.2 Å². The summed E-state index contributed by atoms with van der Waals surface area (Å²) in [6.45, 7) is 2.49. The number of unbranched alkanes of at least 4 members (excludes halogenated alkanes) is 1. The van der Waals surface area contributed by atoms with E-state index in [0.717, 1.165) is 19.3 Å². The number of nitrogens with one attached hydrogen (secondary N) is 1. The fourth-order valence-electron chi connectivity index (χ4n) is 2.10. The molecule has 1 aromatic heterocycles. The molecule has 1 aromatic carbocycles. The predicted octanol–water partition coefficient (Wildman–Crippen LogP) is 4.04. The summed E-state index contributed by atoms with van der Waals surface area (Å²) in [6, 6.07) is 6.35. The molecule has 134 valence electrons. The van der Waals surface area contributed by atoms with Crippen LogP contribution in [0.1, 0.15) is 36.7 Å². The Kier molecular flexibility index (Phi) is 10.8. The quantitative estimate of drug-likeness (QED) is 0.745. The molecule has 2 aromatic rings. The number of halogens is 3. The first-order chi connectivity index (χ1) is 10.7. The Morgan fingerprint density at radius 2 is 2.08 bits per heavy atom. The van der Waals surface area contributed by atoms with E-state index in [-0.39, 0.29) is 42.6 Å². The fourth-order valence-corrected chi connectivity index (χ4v) is 2.92. The molecule has 8 heteroatoms. The number of aromatic nitrogens is 1. The largest absolute Gasteiger partial charge is 0.347 e. The van der Waals surface area contributed by atoms with Crippen molar-refractivity contribution in [2.75, 3.05) is 6.54 Å². The molecular formula is C16H22Cl2FN3OS. The van der Waals surface area contributed by atoms with Crippen LogP contribution in [0, 0.1) is 5.82 Å². The van der Waals surface area contributed by atoms with Gasteiger partial charge in [0.25, 0.3) is 5.91 Å². The lowest BCUT2D eigenvalue weighted by molar-refractivity contribution is 0.0931. The minimum absolute atomic E-state index is 0. The van der Waals surface area contributed by atoms with Crippen LogP contribution in [0.3, 0.4) is 0 Å². The van der Waals surface area contributed by atoms with Gasteiger partial charge in [-0.15, -0.1) is 36.2 Å². The molecule has 0 saturated heterocycles. The van der Waals surface area contributed by atoms with Crippen molar-refractivity contribution in [2.45, 2.75) is 32.2 Å². The summed E-state index contributed by atoms with van der Waals surface area (Å²) in [5.41, 5.74) is 6.39. The van der Waals surface area contributed by atoms with Crippen LogP contribution in [0.2, 0.25) is 0 Å². The second kappa shape index (κ2) is 11.4. The van der Waals surface area contributed by atoms with Crippen molar-refractivity contribution in [3.05, 3.63) is 41.2 Å². The van der Waals surface area contributed by atoms with Crippen LogP contribution < -0.4 is 11.1 Å². The SMILES string of the molecule is CCCCC(CN)NC(=O)c1csc(-c2ccccc2F)n1.Cl.Cl. The monoisotopic (exact) mass is 393 g/mol. The van der Waals surface area contributed by atoms with Gasteiger partial charge in [0.2, 0.25) is 0 Å². The van der Waals surface area contributed by atoms with E-state index < -0.39 is 0 Å². The molecule has 1 amide bonds. The molecule has 3 N–H and O–H groups in total. The van der Waals surface area contributed by atoms with Crippen molar-refractivity contribution < 1.29 is 9.18 Å². The standard InChI is InChI=1S/C16H20FN3OS.2ClH/c1-2-3-6-11(9-18)19-15(21)14-10-22-16(20-14)12-7-4-5-8-13(12)17;;/h4-5,7-8,10-11H,2-3,6,9,18H2,1H3,(H,19,21);2*1H. The zero-order valence-electron chi connectivity index (χ0n) is 13.3. The van der Waals surface area contributed by atoms with Gasteiger partial charge in [0.05, 0.1) is 0 Å². The van der Waals surface area contributed by atoms with Crippen molar-refractivity contribution >= 4 is 42.1 Å². The Bertz CT molecular complexity index is 639. The van der Waals surface area contributed by atoms with Gasteiger partial charge < -0.3 is 11.1 Å². The highest BCUT2D eigenvalue weighted by Crippen LogP contribution is 2.26. The van der Waals surface area contributed by atoms with Gasteiger partial charge in [0.1, 0.15) is 16.5 Å².